The molecular formula is C22H21ClFN7O2. The number of hydrogen-bond donors (Lipinski definition) is 0. The van der Waals surface area contributed by atoms with Crippen LogP contribution < -0.4 is 10.5 Å². The van der Waals surface area contributed by atoms with Crippen molar-refractivity contribution in [2.45, 2.75) is 13.0 Å². The van der Waals surface area contributed by atoms with Gasteiger partial charge in [0.1, 0.15) is 29.1 Å². The van der Waals surface area contributed by atoms with Gasteiger partial charge in [-0.1, -0.05) is 11.6 Å². The fraction of sp³-hybridized carbons (Fsp3) is 0.318. The lowest BCUT2D eigenvalue weighted by atomic mass is 10.1. The van der Waals surface area contributed by atoms with E-state index in [1.165, 1.54) is 10.8 Å². The van der Waals surface area contributed by atoms with Gasteiger partial charge in [0.2, 0.25) is 0 Å². The molecule has 4 aromatic heterocycles. The van der Waals surface area contributed by atoms with Crippen molar-refractivity contribution >= 4 is 28.3 Å². The van der Waals surface area contributed by atoms with Crippen molar-refractivity contribution in [3.8, 4) is 11.4 Å². The Labute approximate surface area is 193 Å². The van der Waals surface area contributed by atoms with Crippen LogP contribution in [0.15, 0.2) is 35.5 Å². The first-order valence-corrected chi connectivity index (χ1v) is 10.7. The lowest BCUT2D eigenvalue weighted by molar-refractivity contribution is 0.0395. The molecule has 0 amide bonds. The second-order valence-corrected chi connectivity index (χ2v) is 8.42. The number of nitrogens with zero attached hydrogens (tertiary/aromatic N) is 7. The molecule has 0 saturated carbocycles. The van der Waals surface area contributed by atoms with Crippen molar-refractivity contribution < 1.29 is 9.13 Å². The van der Waals surface area contributed by atoms with Gasteiger partial charge in [-0.2, -0.15) is 5.10 Å². The van der Waals surface area contributed by atoms with Gasteiger partial charge in [0.25, 0.3) is 5.56 Å². The summed E-state index contributed by atoms with van der Waals surface area (Å²) < 4.78 is 23.9. The summed E-state index contributed by atoms with van der Waals surface area (Å²) in [5, 5.41) is 4.59. The van der Waals surface area contributed by atoms with Crippen LogP contribution in [0.2, 0.25) is 5.02 Å². The number of halogens is 2. The molecule has 1 fully saturated rings. The Morgan fingerprint density at radius 1 is 1.18 bits per heavy atom. The third kappa shape index (κ3) is 3.85. The van der Waals surface area contributed by atoms with Crippen molar-refractivity contribution in [2.24, 2.45) is 14.1 Å². The number of aryl methyl sites for hydroxylation is 2. The van der Waals surface area contributed by atoms with Crippen molar-refractivity contribution in [3.63, 3.8) is 0 Å². The van der Waals surface area contributed by atoms with E-state index in [4.69, 9.17) is 21.3 Å². The largest absolute Gasteiger partial charge is 0.370 e. The van der Waals surface area contributed by atoms with Gasteiger partial charge in [-0.05, 0) is 13.0 Å². The lowest BCUT2D eigenvalue weighted by Crippen LogP contribution is -2.39. The summed E-state index contributed by atoms with van der Waals surface area (Å²) in [6.07, 6.45) is 4.82. The number of pyridine rings is 2. The summed E-state index contributed by atoms with van der Waals surface area (Å²) >= 11 is 5.90. The minimum Gasteiger partial charge on any atom is -0.370 e. The van der Waals surface area contributed by atoms with E-state index >= 15 is 0 Å². The molecule has 1 saturated heterocycles. The number of fused-ring (bicyclic) bond motifs is 1. The minimum atomic E-state index is -0.661. The Bertz CT molecular complexity index is 1430. The zero-order valence-corrected chi connectivity index (χ0v) is 19.0. The highest BCUT2D eigenvalue weighted by atomic mass is 35.5. The topological polar surface area (TPSA) is 91.0 Å². The highest BCUT2D eigenvalue weighted by molar-refractivity contribution is 6.30. The van der Waals surface area contributed by atoms with Gasteiger partial charge >= 0.3 is 0 Å². The molecule has 5 rings (SSSR count). The summed E-state index contributed by atoms with van der Waals surface area (Å²) in [5.41, 5.74) is 1.14. The molecule has 1 aliphatic heterocycles. The van der Waals surface area contributed by atoms with E-state index in [1.54, 1.807) is 30.9 Å². The van der Waals surface area contributed by atoms with E-state index in [-0.39, 0.29) is 33.5 Å². The maximum atomic E-state index is 14.9. The first kappa shape index (κ1) is 21.5. The van der Waals surface area contributed by atoms with Crippen LogP contribution in [0, 0.1) is 12.7 Å². The Morgan fingerprint density at radius 3 is 2.73 bits per heavy atom. The zero-order chi connectivity index (χ0) is 23.3. The number of morpholine rings is 1. The first-order valence-electron chi connectivity index (χ1n) is 10.4. The maximum absolute atomic E-state index is 14.9. The predicted molar refractivity (Wildman–Crippen MR) is 122 cm³/mol. The van der Waals surface area contributed by atoms with E-state index < -0.39 is 5.82 Å². The molecule has 0 radical (unpaired) electrons. The van der Waals surface area contributed by atoms with Crippen LogP contribution in [0.3, 0.4) is 0 Å². The van der Waals surface area contributed by atoms with Crippen LogP contribution in [-0.2, 0) is 18.8 Å². The van der Waals surface area contributed by atoms with Crippen molar-refractivity contribution in [1.82, 2.24) is 29.3 Å². The second-order valence-electron chi connectivity index (χ2n) is 7.98. The summed E-state index contributed by atoms with van der Waals surface area (Å²) in [6.45, 7) is 3.32. The molecule has 0 spiro atoms. The number of aromatic nitrogens is 6. The van der Waals surface area contributed by atoms with Gasteiger partial charge in [0.05, 0.1) is 28.7 Å². The van der Waals surface area contributed by atoms with E-state index in [2.05, 4.69) is 15.1 Å². The molecular weight excluding hydrogens is 449 g/mol. The smallest absolute Gasteiger partial charge is 0.263 e. The molecule has 0 bridgehead atoms. The van der Waals surface area contributed by atoms with Crippen molar-refractivity contribution in [3.05, 3.63) is 63.3 Å². The van der Waals surface area contributed by atoms with Crippen LogP contribution in [-0.4, -0.2) is 49.0 Å². The monoisotopic (exact) mass is 469 g/mol. The number of anilines is 1. The summed E-state index contributed by atoms with van der Waals surface area (Å²) in [5.74, 6) is 0.438. The van der Waals surface area contributed by atoms with Gasteiger partial charge in [0.15, 0.2) is 5.82 Å². The van der Waals surface area contributed by atoms with Crippen LogP contribution in [0.1, 0.15) is 17.5 Å². The Hall–Kier alpha value is -3.37. The first-order chi connectivity index (χ1) is 15.8. The molecule has 11 heteroatoms. The van der Waals surface area contributed by atoms with Crippen LogP contribution in [0.5, 0.6) is 0 Å². The van der Waals surface area contributed by atoms with Gasteiger partial charge in [-0.3, -0.25) is 14.0 Å². The van der Waals surface area contributed by atoms with E-state index in [0.717, 1.165) is 11.6 Å². The van der Waals surface area contributed by atoms with Gasteiger partial charge in [0, 0.05) is 51.2 Å². The molecule has 1 atom stereocenters. The molecule has 4 aromatic rings. The molecule has 9 nitrogen and oxygen atoms in total. The molecule has 170 valence electrons. The highest BCUT2D eigenvalue weighted by Crippen LogP contribution is 2.31. The standard InChI is InChI=1S/C22H21ClFN7O2/c1-12-27-16-7-18(31-4-5-33-17(11-31)13-8-26-29(2)10-13)28-21(19(16)22(32)30(12)3)20-15(24)6-14(23)9-25-20/h6-10,17H,4-5,11H2,1-3H3. The van der Waals surface area contributed by atoms with E-state index in [0.29, 0.717) is 36.9 Å². The van der Waals surface area contributed by atoms with Gasteiger partial charge < -0.3 is 9.64 Å². The summed E-state index contributed by atoms with van der Waals surface area (Å²) in [4.78, 5) is 28.6. The lowest BCUT2D eigenvalue weighted by Gasteiger charge is -2.33. The quantitative estimate of drug-likeness (QED) is 0.455. The molecule has 1 aliphatic rings. The third-order valence-electron chi connectivity index (χ3n) is 5.79. The molecule has 0 aromatic carbocycles. The van der Waals surface area contributed by atoms with Crippen LogP contribution in [0.4, 0.5) is 10.2 Å². The SMILES string of the molecule is Cc1nc2cc(N3CCOC(c4cnn(C)c4)C3)nc(-c3ncc(Cl)cc3F)c2c(=O)n1C. The van der Waals surface area contributed by atoms with E-state index in [1.807, 2.05) is 18.1 Å². The molecule has 0 N–H and O–H groups in total. The maximum Gasteiger partial charge on any atom is 0.263 e. The highest BCUT2D eigenvalue weighted by Gasteiger charge is 2.26. The zero-order valence-electron chi connectivity index (χ0n) is 18.3. The minimum absolute atomic E-state index is 0.0499. The Kier molecular flexibility index (Phi) is 5.34. The molecule has 1 unspecified atom stereocenters. The Balaban J connectivity index is 1.67. The summed E-state index contributed by atoms with van der Waals surface area (Å²) in [6, 6.07) is 2.91. The molecule has 5 heterocycles. The summed E-state index contributed by atoms with van der Waals surface area (Å²) in [7, 11) is 3.47. The van der Waals surface area contributed by atoms with Crippen molar-refractivity contribution in [1.29, 1.82) is 0 Å². The molecule has 33 heavy (non-hydrogen) atoms. The third-order valence-corrected chi connectivity index (χ3v) is 6.00. The normalized spacial score (nSPS) is 16.5. The average Bonchev–Trinajstić information content (AvgIpc) is 3.23. The number of ether oxygens (including phenoxy) is 1. The average molecular weight is 470 g/mol. The molecule has 0 aliphatic carbocycles. The van der Waals surface area contributed by atoms with Gasteiger partial charge in [-0.15, -0.1) is 0 Å². The van der Waals surface area contributed by atoms with Crippen molar-refractivity contribution in [2.75, 3.05) is 24.6 Å². The predicted octanol–water partition coefficient (Wildman–Crippen LogP) is 2.80. The fourth-order valence-electron chi connectivity index (χ4n) is 3.97. The number of hydrogen-bond acceptors (Lipinski definition) is 7. The van der Waals surface area contributed by atoms with E-state index in [9.17, 15) is 9.18 Å². The second kappa shape index (κ2) is 8.20. The van der Waals surface area contributed by atoms with Crippen LogP contribution >= 0.6 is 11.6 Å². The Morgan fingerprint density at radius 2 is 2.00 bits per heavy atom. The van der Waals surface area contributed by atoms with Gasteiger partial charge in [-0.25, -0.2) is 19.3 Å². The number of rotatable bonds is 3. The van der Waals surface area contributed by atoms with Crippen LogP contribution in [0.25, 0.3) is 22.3 Å². The fourth-order valence-corrected chi connectivity index (χ4v) is 4.11.